The lowest BCUT2D eigenvalue weighted by Crippen LogP contribution is -2.24. The molecular formula is C19H16ClF3N6OS. The van der Waals surface area contributed by atoms with Crippen molar-refractivity contribution in [1.82, 2.24) is 29.7 Å². The smallest absolute Gasteiger partial charge is 0.346 e. The number of rotatable bonds is 5. The van der Waals surface area contributed by atoms with Gasteiger partial charge in [-0.05, 0) is 31.4 Å². The van der Waals surface area contributed by atoms with Gasteiger partial charge in [-0.3, -0.25) is 9.48 Å². The predicted octanol–water partition coefficient (Wildman–Crippen LogP) is 4.58. The summed E-state index contributed by atoms with van der Waals surface area (Å²) in [5.74, 6) is -0.704. The minimum absolute atomic E-state index is 0.103. The summed E-state index contributed by atoms with van der Waals surface area (Å²) in [5, 5.41) is 12.1. The molecular weight excluding hydrogens is 453 g/mol. The maximum atomic E-state index is 13.7. The molecule has 4 rings (SSSR count). The van der Waals surface area contributed by atoms with Crippen LogP contribution in [0.5, 0.6) is 0 Å². The fourth-order valence-electron chi connectivity index (χ4n) is 3.13. The first kappa shape index (κ1) is 21.3. The number of thiophene rings is 1. The van der Waals surface area contributed by atoms with Gasteiger partial charge in [0.1, 0.15) is 5.02 Å². The molecule has 0 saturated carbocycles. The van der Waals surface area contributed by atoms with Crippen LogP contribution in [0.4, 0.5) is 13.2 Å². The number of alkyl halides is 3. The van der Waals surface area contributed by atoms with Gasteiger partial charge < -0.3 is 5.32 Å². The van der Waals surface area contributed by atoms with Gasteiger partial charge in [0, 0.05) is 24.3 Å². The molecule has 4 aromatic rings. The molecule has 0 atom stereocenters. The van der Waals surface area contributed by atoms with E-state index in [0.29, 0.717) is 15.9 Å². The number of nitrogens with zero attached hydrogens (tertiary/aromatic N) is 5. The van der Waals surface area contributed by atoms with Crippen molar-refractivity contribution in [3.63, 3.8) is 0 Å². The molecule has 1 amide bonds. The second-order valence-corrected chi connectivity index (χ2v) is 7.98. The first-order chi connectivity index (χ1) is 14.7. The van der Waals surface area contributed by atoms with E-state index in [1.54, 1.807) is 28.4 Å². The van der Waals surface area contributed by atoms with Gasteiger partial charge >= 0.3 is 6.18 Å². The lowest BCUT2D eigenvalue weighted by atomic mass is 10.2. The van der Waals surface area contributed by atoms with Crippen molar-refractivity contribution in [2.75, 3.05) is 0 Å². The molecule has 0 aliphatic rings. The number of fused-ring (bicyclic) bond motifs is 1. The zero-order valence-corrected chi connectivity index (χ0v) is 17.9. The Hall–Kier alpha value is -2.92. The van der Waals surface area contributed by atoms with Crippen LogP contribution >= 0.6 is 22.9 Å². The van der Waals surface area contributed by atoms with E-state index in [2.05, 4.69) is 20.5 Å². The van der Waals surface area contributed by atoms with Crippen molar-refractivity contribution in [3.8, 4) is 10.6 Å². The summed E-state index contributed by atoms with van der Waals surface area (Å²) in [4.78, 5) is 17.4. The molecule has 0 aromatic carbocycles. The summed E-state index contributed by atoms with van der Waals surface area (Å²) >= 11 is 7.50. The molecule has 0 bridgehead atoms. The van der Waals surface area contributed by atoms with E-state index in [4.69, 9.17) is 11.6 Å². The van der Waals surface area contributed by atoms with E-state index in [0.717, 1.165) is 17.3 Å². The highest BCUT2D eigenvalue weighted by atomic mass is 35.5. The maximum Gasteiger partial charge on any atom is 0.433 e. The van der Waals surface area contributed by atoms with Crippen LogP contribution < -0.4 is 5.32 Å². The third kappa shape index (κ3) is 3.90. The molecule has 31 heavy (non-hydrogen) atoms. The van der Waals surface area contributed by atoms with E-state index in [1.807, 2.05) is 13.8 Å². The number of nitrogens with one attached hydrogen (secondary N) is 1. The number of hydrogen-bond acceptors (Lipinski definition) is 5. The summed E-state index contributed by atoms with van der Waals surface area (Å²) in [6, 6.07) is 4.26. The van der Waals surface area contributed by atoms with E-state index in [-0.39, 0.29) is 28.6 Å². The fourth-order valence-corrected chi connectivity index (χ4v) is 4.06. The van der Waals surface area contributed by atoms with Gasteiger partial charge in [-0.1, -0.05) is 17.7 Å². The Bertz CT molecular complexity index is 1260. The number of carbonyl (C=O) groups excluding carboxylic acids is 1. The average Bonchev–Trinajstić information content (AvgIpc) is 3.45. The van der Waals surface area contributed by atoms with Crippen molar-refractivity contribution in [3.05, 3.63) is 57.4 Å². The second kappa shape index (κ2) is 7.97. The Morgan fingerprint density at radius 3 is 2.74 bits per heavy atom. The van der Waals surface area contributed by atoms with Crippen LogP contribution in [0, 0.1) is 6.92 Å². The summed E-state index contributed by atoms with van der Waals surface area (Å²) in [6.07, 6.45) is -3.09. The number of halogens is 4. The molecule has 0 radical (unpaired) electrons. The molecule has 1 N–H and O–H groups in total. The minimum Gasteiger partial charge on any atom is -0.346 e. The molecule has 0 spiro atoms. The Morgan fingerprint density at radius 2 is 2.13 bits per heavy atom. The van der Waals surface area contributed by atoms with Crippen LogP contribution in [-0.2, 0) is 19.3 Å². The van der Waals surface area contributed by atoms with E-state index in [1.165, 1.54) is 11.3 Å². The van der Waals surface area contributed by atoms with Gasteiger partial charge in [0.15, 0.2) is 17.0 Å². The number of aromatic nitrogens is 5. The van der Waals surface area contributed by atoms with Crippen molar-refractivity contribution < 1.29 is 18.0 Å². The first-order valence-corrected chi connectivity index (χ1v) is 10.5. The van der Waals surface area contributed by atoms with Crippen LogP contribution in [0.1, 0.15) is 34.4 Å². The van der Waals surface area contributed by atoms with Gasteiger partial charge in [0.2, 0.25) is 0 Å². The third-order valence-corrected chi connectivity index (χ3v) is 6.00. The number of hydrogen-bond donors (Lipinski definition) is 1. The van der Waals surface area contributed by atoms with Crippen LogP contribution in [0.2, 0.25) is 5.02 Å². The minimum atomic E-state index is -4.72. The number of carbonyl (C=O) groups is 1. The first-order valence-electron chi connectivity index (χ1n) is 9.20. The largest absolute Gasteiger partial charge is 0.433 e. The van der Waals surface area contributed by atoms with Gasteiger partial charge in [-0.2, -0.15) is 23.4 Å². The van der Waals surface area contributed by atoms with Crippen molar-refractivity contribution in [2.24, 2.45) is 0 Å². The van der Waals surface area contributed by atoms with Crippen LogP contribution in [0.3, 0.4) is 0 Å². The molecule has 162 valence electrons. The zero-order chi connectivity index (χ0) is 22.3. The number of amides is 1. The van der Waals surface area contributed by atoms with Crippen molar-refractivity contribution in [1.29, 1.82) is 0 Å². The normalized spacial score (nSPS) is 11.9. The summed E-state index contributed by atoms with van der Waals surface area (Å²) in [6.45, 7) is 4.61. The Kier molecular flexibility index (Phi) is 5.48. The quantitative estimate of drug-likeness (QED) is 0.465. The molecule has 12 heteroatoms. The molecule has 0 unspecified atom stereocenters. The molecule has 0 fully saturated rings. The molecule has 0 aliphatic carbocycles. The van der Waals surface area contributed by atoms with Crippen molar-refractivity contribution in [2.45, 2.75) is 33.1 Å². The third-order valence-electron chi connectivity index (χ3n) is 4.76. The second-order valence-electron chi connectivity index (χ2n) is 6.65. The van der Waals surface area contributed by atoms with Crippen LogP contribution in [0.25, 0.3) is 16.2 Å². The lowest BCUT2D eigenvalue weighted by molar-refractivity contribution is -0.142. The Labute approximate surface area is 183 Å². The highest BCUT2D eigenvalue weighted by Gasteiger charge is 2.36. The highest BCUT2D eigenvalue weighted by Crippen LogP contribution is 2.35. The highest BCUT2D eigenvalue weighted by molar-refractivity contribution is 7.13. The Balaban J connectivity index is 1.72. The van der Waals surface area contributed by atoms with E-state index < -0.39 is 17.8 Å². The van der Waals surface area contributed by atoms with E-state index >= 15 is 0 Å². The summed E-state index contributed by atoms with van der Waals surface area (Å²) < 4.78 is 43.4. The van der Waals surface area contributed by atoms with Gasteiger partial charge in [0.05, 0.1) is 16.8 Å². The van der Waals surface area contributed by atoms with Gasteiger partial charge in [-0.15, -0.1) is 11.3 Å². The van der Waals surface area contributed by atoms with E-state index in [9.17, 15) is 18.0 Å². The van der Waals surface area contributed by atoms with Gasteiger partial charge in [0.25, 0.3) is 5.91 Å². The molecule has 0 saturated heterocycles. The molecule has 0 aliphatic heterocycles. The SMILES string of the molecule is CCn1ncc(CNC(=O)c2nn3c(C(F)(F)F)cc(-c4cccs4)nc3c2Cl)c1C. The zero-order valence-electron chi connectivity index (χ0n) is 16.4. The van der Waals surface area contributed by atoms with Gasteiger partial charge in [-0.25, -0.2) is 9.50 Å². The average molecular weight is 469 g/mol. The Morgan fingerprint density at radius 1 is 1.35 bits per heavy atom. The lowest BCUT2D eigenvalue weighted by Gasteiger charge is -2.10. The van der Waals surface area contributed by atoms with Crippen LogP contribution in [-0.4, -0.2) is 30.3 Å². The summed E-state index contributed by atoms with van der Waals surface area (Å²) in [5.41, 5.74) is 0.131. The van der Waals surface area contributed by atoms with Crippen LogP contribution in [0.15, 0.2) is 29.8 Å². The summed E-state index contributed by atoms with van der Waals surface area (Å²) in [7, 11) is 0. The molecule has 4 aromatic heterocycles. The monoisotopic (exact) mass is 468 g/mol. The standard InChI is InChI=1S/C19H16ClF3N6OS/c1-3-28-10(2)11(9-25-28)8-24-18(30)16-15(20)17-26-12(13-5-4-6-31-13)7-14(19(21,22)23)29(17)27-16/h4-7,9H,3,8H2,1-2H3,(H,24,30). The maximum absolute atomic E-state index is 13.7. The fraction of sp³-hybridized carbons (Fsp3) is 0.263. The topological polar surface area (TPSA) is 77.1 Å². The molecule has 7 nitrogen and oxygen atoms in total. The predicted molar refractivity (Wildman–Crippen MR) is 110 cm³/mol. The number of aryl methyl sites for hydroxylation is 1. The molecule has 4 heterocycles. The van der Waals surface area contributed by atoms with Crippen molar-refractivity contribution >= 4 is 34.5 Å².